The molecule has 0 saturated heterocycles. The van der Waals surface area contributed by atoms with Crippen LogP contribution in [0.15, 0.2) is 4.99 Å². The maximum atomic E-state index is 5.47. The maximum Gasteiger partial charge on any atom is 0.191 e. The number of aliphatic imine (C=N–C) groups is 1. The van der Waals surface area contributed by atoms with Crippen molar-refractivity contribution >= 4 is 18.4 Å². The first-order chi connectivity index (χ1) is 3.84. The van der Waals surface area contributed by atoms with Crippen molar-refractivity contribution in [3.63, 3.8) is 0 Å². The third-order valence-electron chi connectivity index (χ3n) is 1.35. The Morgan fingerprint density at radius 2 is 2.44 bits per heavy atom. The van der Waals surface area contributed by atoms with Gasteiger partial charge in [0.25, 0.3) is 0 Å². The van der Waals surface area contributed by atoms with Gasteiger partial charge in [-0.25, -0.2) is 0 Å². The van der Waals surface area contributed by atoms with Crippen LogP contribution >= 0.6 is 12.4 Å². The van der Waals surface area contributed by atoms with E-state index in [1.165, 1.54) is 0 Å². The average Bonchev–Trinajstić information content (AvgIpc) is 2.14. The summed E-state index contributed by atoms with van der Waals surface area (Å²) in [5.41, 5.74) is 5.47. The Kier molecular flexibility index (Phi) is 3.39. The number of rotatable bonds is 1. The van der Waals surface area contributed by atoms with E-state index >= 15 is 0 Å². The summed E-state index contributed by atoms with van der Waals surface area (Å²) in [7, 11) is 0. The topological polar surface area (TPSA) is 41.6 Å². The molecular weight excluding hydrogens is 138 g/mol. The molecule has 0 aromatic rings. The molecule has 1 heterocycles. The molecule has 1 aliphatic heterocycles. The Morgan fingerprint density at radius 1 is 1.78 bits per heavy atom. The minimum atomic E-state index is 0. The lowest BCUT2D eigenvalue weighted by Gasteiger charge is -2.12. The van der Waals surface area contributed by atoms with Gasteiger partial charge >= 0.3 is 0 Å². The minimum absolute atomic E-state index is 0. The smallest absolute Gasteiger partial charge is 0.191 e. The fraction of sp³-hybridized carbons (Fsp3) is 0.800. The second-order valence-corrected chi connectivity index (χ2v) is 1.82. The molecule has 0 aromatic carbocycles. The lowest BCUT2D eigenvalue weighted by Crippen LogP contribution is -2.33. The van der Waals surface area contributed by atoms with Gasteiger partial charge in [-0.3, -0.25) is 4.99 Å². The zero-order valence-corrected chi connectivity index (χ0v) is 6.32. The van der Waals surface area contributed by atoms with Gasteiger partial charge in [-0.05, 0) is 6.92 Å². The van der Waals surface area contributed by atoms with E-state index in [-0.39, 0.29) is 12.4 Å². The maximum absolute atomic E-state index is 5.47. The molecule has 3 nitrogen and oxygen atoms in total. The van der Waals surface area contributed by atoms with Crippen LogP contribution in [0.5, 0.6) is 0 Å². The summed E-state index contributed by atoms with van der Waals surface area (Å²) < 4.78 is 0. The summed E-state index contributed by atoms with van der Waals surface area (Å²) in [5, 5.41) is 0. The van der Waals surface area contributed by atoms with E-state index in [0.29, 0.717) is 5.96 Å². The van der Waals surface area contributed by atoms with Crippen LogP contribution in [-0.2, 0) is 0 Å². The quantitative estimate of drug-likeness (QED) is 0.573. The number of nitrogens with zero attached hydrogens (tertiary/aromatic N) is 2. The van der Waals surface area contributed by atoms with E-state index in [1.807, 2.05) is 0 Å². The molecule has 1 aliphatic rings. The van der Waals surface area contributed by atoms with E-state index in [9.17, 15) is 0 Å². The second kappa shape index (κ2) is 3.56. The lowest BCUT2D eigenvalue weighted by atomic mass is 10.5. The van der Waals surface area contributed by atoms with Gasteiger partial charge in [-0.1, -0.05) is 0 Å². The largest absolute Gasteiger partial charge is 0.370 e. The van der Waals surface area contributed by atoms with Gasteiger partial charge in [0.15, 0.2) is 5.96 Å². The normalized spacial score (nSPS) is 17.0. The van der Waals surface area contributed by atoms with Crippen LogP contribution in [0.25, 0.3) is 0 Å². The van der Waals surface area contributed by atoms with Gasteiger partial charge in [0.05, 0.1) is 6.54 Å². The van der Waals surface area contributed by atoms with Crippen molar-refractivity contribution in [1.29, 1.82) is 0 Å². The summed E-state index contributed by atoms with van der Waals surface area (Å²) >= 11 is 0. The van der Waals surface area contributed by atoms with Crippen LogP contribution in [0.1, 0.15) is 6.92 Å². The van der Waals surface area contributed by atoms with Crippen molar-refractivity contribution in [3.8, 4) is 0 Å². The molecule has 9 heavy (non-hydrogen) atoms. The molecule has 1 rings (SSSR count). The van der Waals surface area contributed by atoms with Crippen molar-refractivity contribution in [2.45, 2.75) is 6.92 Å². The molecule has 2 N–H and O–H groups in total. The van der Waals surface area contributed by atoms with Gasteiger partial charge in [0.1, 0.15) is 0 Å². The standard InChI is InChI=1S/C5H11N3.ClH/c1-2-8-4-3-7-5(8)6;/h2-4H2,1H3,(H2,6,7);1H. The summed E-state index contributed by atoms with van der Waals surface area (Å²) in [5.74, 6) is 0.701. The van der Waals surface area contributed by atoms with Gasteiger partial charge in [0, 0.05) is 13.1 Å². The summed E-state index contributed by atoms with van der Waals surface area (Å²) in [6, 6.07) is 0. The van der Waals surface area contributed by atoms with Crippen molar-refractivity contribution in [2.75, 3.05) is 19.6 Å². The highest BCUT2D eigenvalue weighted by molar-refractivity contribution is 5.85. The molecule has 0 saturated carbocycles. The van der Waals surface area contributed by atoms with Crippen molar-refractivity contribution in [1.82, 2.24) is 4.90 Å². The lowest BCUT2D eigenvalue weighted by molar-refractivity contribution is 0.479. The predicted molar refractivity (Wildman–Crippen MR) is 41.0 cm³/mol. The van der Waals surface area contributed by atoms with Crippen molar-refractivity contribution in [3.05, 3.63) is 0 Å². The molecule has 0 bridgehead atoms. The first-order valence-corrected chi connectivity index (χ1v) is 2.89. The predicted octanol–water partition coefficient (Wildman–Crippen LogP) is 0.0584. The Bertz CT molecular complexity index is 113. The van der Waals surface area contributed by atoms with E-state index in [0.717, 1.165) is 19.6 Å². The van der Waals surface area contributed by atoms with Gasteiger partial charge in [0.2, 0.25) is 0 Å². The first kappa shape index (κ1) is 8.56. The third kappa shape index (κ3) is 1.75. The molecule has 0 amide bonds. The zero-order valence-electron chi connectivity index (χ0n) is 5.50. The fourth-order valence-corrected chi connectivity index (χ4v) is 0.820. The number of nitrogens with two attached hydrogens (primary N) is 1. The van der Waals surface area contributed by atoms with E-state index < -0.39 is 0 Å². The Labute approximate surface area is 61.3 Å². The Morgan fingerprint density at radius 3 is 2.67 bits per heavy atom. The number of guanidine groups is 1. The third-order valence-corrected chi connectivity index (χ3v) is 1.35. The molecule has 0 aliphatic carbocycles. The highest BCUT2D eigenvalue weighted by Gasteiger charge is 2.09. The number of hydrogen-bond donors (Lipinski definition) is 1. The minimum Gasteiger partial charge on any atom is -0.370 e. The zero-order chi connectivity index (χ0) is 5.98. The van der Waals surface area contributed by atoms with Crippen LogP contribution in [0.2, 0.25) is 0 Å². The molecule has 54 valence electrons. The molecular formula is C5H12ClN3. The van der Waals surface area contributed by atoms with Crippen LogP contribution in [0, 0.1) is 0 Å². The number of likely N-dealkylation sites (N-methyl/N-ethyl adjacent to an activating group) is 1. The average molecular weight is 150 g/mol. The fourth-order valence-electron chi connectivity index (χ4n) is 0.820. The Hall–Kier alpha value is -0.440. The highest BCUT2D eigenvalue weighted by Crippen LogP contribution is 1.94. The van der Waals surface area contributed by atoms with Crippen LogP contribution in [-0.4, -0.2) is 30.5 Å². The molecule has 0 unspecified atom stereocenters. The summed E-state index contributed by atoms with van der Waals surface area (Å²) in [6.45, 7) is 4.94. The number of hydrogen-bond acceptors (Lipinski definition) is 3. The van der Waals surface area contributed by atoms with Crippen molar-refractivity contribution < 1.29 is 0 Å². The van der Waals surface area contributed by atoms with Gasteiger partial charge < -0.3 is 10.6 Å². The molecule has 0 fully saturated rings. The van der Waals surface area contributed by atoms with Crippen LogP contribution in [0.3, 0.4) is 0 Å². The molecule has 0 radical (unpaired) electrons. The number of halogens is 1. The van der Waals surface area contributed by atoms with Gasteiger partial charge in [-0.2, -0.15) is 0 Å². The molecule has 4 heteroatoms. The van der Waals surface area contributed by atoms with Crippen molar-refractivity contribution in [2.24, 2.45) is 10.7 Å². The summed E-state index contributed by atoms with van der Waals surface area (Å²) in [4.78, 5) is 6.06. The van der Waals surface area contributed by atoms with E-state index in [1.54, 1.807) is 0 Å². The second-order valence-electron chi connectivity index (χ2n) is 1.82. The Balaban J connectivity index is 0.000000640. The van der Waals surface area contributed by atoms with Crippen LogP contribution < -0.4 is 5.73 Å². The van der Waals surface area contributed by atoms with Gasteiger partial charge in [-0.15, -0.1) is 12.4 Å². The molecule has 0 spiro atoms. The first-order valence-electron chi connectivity index (χ1n) is 2.89. The molecule has 0 atom stereocenters. The molecule has 0 aromatic heterocycles. The highest BCUT2D eigenvalue weighted by atomic mass is 35.5. The monoisotopic (exact) mass is 149 g/mol. The van der Waals surface area contributed by atoms with E-state index in [4.69, 9.17) is 5.73 Å². The van der Waals surface area contributed by atoms with Crippen LogP contribution in [0.4, 0.5) is 0 Å². The van der Waals surface area contributed by atoms with E-state index in [2.05, 4.69) is 16.8 Å². The summed E-state index contributed by atoms with van der Waals surface area (Å²) in [6.07, 6.45) is 0. The SMILES string of the molecule is CCN1CCN=C1N.Cl.